The minimum absolute atomic E-state index is 0.0399. The fraction of sp³-hybridized carbons (Fsp3) is 0.600. The van der Waals surface area contributed by atoms with E-state index in [2.05, 4.69) is 0 Å². The first-order valence-electron chi connectivity index (χ1n) is 8.92. The van der Waals surface area contributed by atoms with Crippen LogP contribution in [0.3, 0.4) is 0 Å². The van der Waals surface area contributed by atoms with Crippen molar-refractivity contribution in [3.05, 3.63) is 35.9 Å². The van der Waals surface area contributed by atoms with Crippen LogP contribution < -0.4 is 0 Å². The lowest BCUT2D eigenvalue weighted by molar-refractivity contribution is -0.159. The van der Waals surface area contributed by atoms with Crippen molar-refractivity contribution in [2.75, 3.05) is 20.8 Å². The van der Waals surface area contributed by atoms with Gasteiger partial charge in [-0.3, -0.25) is 9.59 Å². The molecule has 25 heavy (non-hydrogen) atoms. The van der Waals surface area contributed by atoms with Gasteiger partial charge in [0.1, 0.15) is 11.2 Å². The van der Waals surface area contributed by atoms with E-state index in [4.69, 9.17) is 14.2 Å². The zero-order valence-corrected chi connectivity index (χ0v) is 14.7. The van der Waals surface area contributed by atoms with Gasteiger partial charge in [0.2, 0.25) is 0 Å². The minimum Gasteiger partial charge on any atom is -0.468 e. The molecule has 0 spiro atoms. The predicted molar refractivity (Wildman–Crippen MR) is 89.6 cm³/mol. The molecule has 5 nitrogen and oxygen atoms in total. The zero-order valence-electron chi connectivity index (χ0n) is 14.7. The molecule has 5 atom stereocenters. The third-order valence-electron chi connectivity index (χ3n) is 6.66. The second-order valence-electron chi connectivity index (χ2n) is 7.37. The van der Waals surface area contributed by atoms with Gasteiger partial charge in [0.15, 0.2) is 0 Å². The highest BCUT2D eigenvalue weighted by molar-refractivity contribution is 6.04. The quantitative estimate of drug-likeness (QED) is 0.561. The van der Waals surface area contributed by atoms with Crippen molar-refractivity contribution in [2.45, 2.75) is 31.5 Å². The van der Waals surface area contributed by atoms with E-state index in [9.17, 15) is 9.59 Å². The van der Waals surface area contributed by atoms with Gasteiger partial charge < -0.3 is 14.2 Å². The second-order valence-corrected chi connectivity index (χ2v) is 7.37. The molecule has 4 aliphatic carbocycles. The highest BCUT2D eigenvalue weighted by atomic mass is 16.5. The van der Waals surface area contributed by atoms with Crippen LogP contribution in [0, 0.1) is 23.2 Å². The van der Waals surface area contributed by atoms with Crippen molar-refractivity contribution in [1.82, 2.24) is 0 Å². The van der Waals surface area contributed by atoms with Gasteiger partial charge in [-0.25, -0.2) is 0 Å². The number of hydrogen-bond acceptors (Lipinski definition) is 5. The maximum Gasteiger partial charge on any atom is 0.315 e. The van der Waals surface area contributed by atoms with Gasteiger partial charge in [-0.2, -0.15) is 0 Å². The molecule has 5 heteroatoms. The van der Waals surface area contributed by atoms with Crippen LogP contribution >= 0.6 is 0 Å². The molecule has 0 heterocycles. The van der Waals surface area contributed by atoms with Crippen LogP contribution in [-0.2, 0) is 30.4 Å². The Morgan fingerprint density at radius 3 is 2.64 bits per heavy atom. The van der Waals surface area contributed by atoms with Gasteiger partial charge >= 0.3 is 5.97 Å². The summed E-state index contributed by atoms with van der Waals surface area (Å²) in [5, 5.41) is 0. The lowest BCUT2D eigenvalue weighted by atomic mass is 9.69. The molecule has 4 bridgehead atoms. The van der Waals surface area contributed by atoms with Crippen LogP contribution in [0.1, 0.15) is 24.8 Å². The van der Waals surface area contributed by atoms with Crippen LogP contribution in [0.15, 0.2) is 30.3 Å². The van der Waals surface area contributed by atoms with E-state index < -0.39 is 11.0 Å². The Morgan fingerprint density at radius 1 is 1.24 bits per heavy atom. The largest absolute Gasteiger partial charge is 0.468 e. The van der Waals surface area contributed by atoms with Crippen molar-refractivity contribution in [1.29, 1.82) is 0 Å². The molecule has 0 aliphatic heterocycles. The SMILES string of the molecule is COC(=O)C12C3C(=O)[C@H](CCC31OC)[C@H]2CCOCc1ccccc1. The van der Waals surface area contributed by atoms with Crippen LogP contribution in [0.5, 0.6) is 0 Å². The molecule has 4 saturated carbocycles. The summed E-state index contributed by atoms with van der Waals surface area (Å²) in [6.45, 7) is 1.06. The molecule has 134 valence electrons. The molecule has 0 radical (unpaired) electrons. The highest BCUT2D eigenvalue weighted by Gasteiger charge is 2.93. The van der Waals surface area contributed by atoms with Gasteiger partial charge in [0.25, 0.3) is 0 Å². The molecule has 0 amide bonds. The third-order valence-corrected chi connectivity index (χ3v) is 6.66. The van der Waals surface area contributed by atoms with E-state index in [1.165, 1.54) is 7.11 Å². The maximum atomic E-state index is 12.7. The van der Waals surface area contributed by atoms with Gasteiger partial charge in [0, 0.05) is 19.6 Å². The molecular formula is C20H24O5. The van der Waals surface area contributed by atoms with Crippen LogP contribution in [0.25, 0.3) is 0 Å². The Hall–Kier alpha value is -1.72. The highest BCUT2D eigenvalue weighted by Crippen LogP contribution is 2.80. The Morgan fingerprint density at radius 2 is 2.00 bits per heavy atom. The molecule has 3 unspecified atom stereocenters. The molecule has 1 aromatic rings. The van der Waals surface area contributed by atoms with E-state index >= 15 is 0 Å². The summed E-state index contributed by atoms with van der Waals surface area (Å²) in [5.41, 5.74) is -0.310. The number of hydrogen-bond donors (Lipinski definition) is 0. The molecule has 0 saturated heterocycles. The summed E-state index contributed by atoms with van der Waals surface area (Å²) >= 11 is 0. The molecule has 0 aromatic heterocycles. The second kappa shape index (κ2) is 5.92. The number of ketones is 1. The first-order chi connectivity index (χ1) is 12.1. The number of fused-ring (bicyclic) bond motifs is 1. The topological polar surface area (TPSA) is 61.8 Å². The average molecular weight is 344 g/mol. The van der Waals surface area contributed by atoms with E-state index in [1.54, 1.807) is 7.11 Å². The lowest BCUT2D eigenvalue weighted by Crippen LogP contribution is -2.46. The Bertz CT molecular complexity index is 687. The molecular weight excluding hydrogens is 320 g/mol. The van der Waals surface area contributed by atoms with Crippen LogP contribution in [-0.4, -0.2) is 38.2 Å². The molecule has 4 aliphatic rings. The van der Waals surface area contributed by atoms with E-state index in [-0.39, 0.29) is 29.5 Å². The lowest BCUT2D eigenvalue weighted by Gasteiger charge is -2.39. The summed E-state index contributed by atoms with van der Waals surface area (Å²) < 4.78 is 16.7. The zero-order chi connectivity index (χ0) is 17.7. The number of methoxy groups -OCH3 is 2. The van der Waals surface area contributed by atoms with Crippen LogP contribution in [0.2, 0.25) is 0 Å². The Balaban J connectivity index is 1.47. The fourth-order valence-corrected chi connectivity index (χ4v) is 5.71. The normalized spacial score (nSPS) is 37.8. The van der Waals surface area contributed by atoms with Crippen molar-refractivity contribution in [2.24, 2.45) is 23.2 Å². The van der Waals surface area contributed by atoms with Gasteiger partial charge in [0.05, 0.1) is 25.2 Å². The third kappa shape index (κ3) is 2.02. The standard InChI is InChI=1S/C20H24O5/c1-23-18(22)20-15(9-11-25-12-13-6-4-3-5-7-13)14-8-10-19(20,24-2)17(20)16(14)21/h3-7,14-15,17H,8-12H2,1-2H3/t14-,15-,17?,19?,20?/m1/s1. The molecule has 4 fully saturated rings. The van der Waals surface area contributed by atoms with Crippen molar-refractivity contribution in [3.63, 3.8) is 0 Å². The molecule has 0 N–H and O–H groups in total. The monoisotopic (exact) mass is 344 g/mol. The van der Waals surface area contributed by atoms with Gasteiger partial charge in [-0.1, -0.05) is 30.3 Å². The van der Waals surface area contributed by atoms with Gasteiger partial charge in [-0.05, 0) is 30.7 Å². The minimum atomic E-state index is -0.785. The smallest absolute Gasteiger partial charge is 0.315 e. The summed E-state index contributed by atoms with van der Waals surface area (Å²) in [5.74, 6) is -0.520. The van der Waals surface area contributed by atoms with Crippen molar-refractivity contribution in [3.8, 4) is 0 Å². The van der Waals surface area contributed by atoms with Crippen LogP contribution in [0.4, 0.5) is 0 Å². The summed E-state index contributed by atoms with van der Waals surface area (Å²) in [7, 11) is 3.01. The van der Waals surface area contributed by atoms with Crippen molar-refractivity contribution < 1.29 is 23.8 Å². The van der Waals surface area contributed by atoms with E-state index in [0.29, 0.717) is 19.6 Å². The number of benzene rings is 1. The number of ether oxygens (including phenoxy) is 3. The Kier molecular flexibility index (Phi) is 3.96. The average Bonchev–Trinajstić information content (AvgIpc) is 3.24. The van der Waals surface area contributed by atoms with E-state index in [0.717, 1.165) is 18.4 Å². The number of carbonyl (C=O) groups excluding carboxylic acids is 2. The summed E-state index contributed by atoms with van der Waals surface area (Å²) in [6, 6.07) is 9.98. The first kappa shape index (κ1) is 16.7. The number of rotatable bonds is 7. The fourth-order valence-electron chi connectivity index (χ4n) is 5.71. The predicted octanol–water partition coefficient (Wildman–Crippen LogP) is 2.38. The maximum absolute atomic E-state index is 12.7. The number of carbonyl (C=O) groups is 2. The number of esters is 1. The van der Waals surface area contributed by atoms with Gasteiger partial charge in [-0.15, -0.1) is 0 Å². The molecule has 5 rings (SSSR count). The summed E-state index contributed by atoms with van der Waals surface area (Å²) in [4.78, 5) is 25.4. The van der Waals surface area contributed by atoms with Crippen molar-refractivity contribution >= 4 is 11.8 Å². The first-order valence-corrected chi connectivity index (χ1v) is 8.92. The molecule has 1 aromatic carbocycles. The van der Waals surface area contributed by atoms with E-state index in [1.807, 2.05) is 30.3 Å². The summed E-state index contributed by atoms with van der Waals surface area (Å²) in [6.07, 6.45) is 2.24. The number of Topliss-reactive ketones (excluding diaryl/α,β-unsaturated/α-hetero) is 1. The Labute approximate surface area is 147 Å².